The van der Waals surface area contributed by atoms with Crippen LogP contribution in [-0.4, -0.2) is 34.0 Å². The molecule has 0 aliphatic carbocycles. The molecule has 0 saturated heterocycles. The van der Waals surface area contributed by atoms with Crippen molar-refractivity contribution in [3.63, 3.8) is 0 Å². The molecule has 0 aliphatic rings. The maximum Gasteiger partial charge on any atom is 0.343 e. The first-order valence-corrected chi connectivity index (χ1v) is 10.0. The molecule has 0 bridgehead atoms. The van der Waals surface area contributed by atoms with Crippen LogP contribution in [0.3, 0.4) is 0 Å². The molecule has 0 spiro atoms. The summed E-state index contributed by atoms with van der Waals surface area (Å²) in [6.07, 6.45) is 1.30. The number of aliphatic hydroxyl groups is 1. The fourth-order valence-electron chi connectivity index (χ4n) is 3.05. The molecule has 1 heterocycles. The van der Waals surface area contributed by atoms with Gasteiger partial charge in [-0.15, -0.1) is 0 Å². The third kappa shape index (κ3) is 5.25. The summed E-state index contributed by atoms with van der Waals surface area (Å²) < 4.78 is 12.1. The van der Waals surface area contributed by atoms with Crippen LogP contribution in [0.1, 0.15) is 22.8 Å². The lowest BCUT2D eigenvalue weighted by atomic mass is 10.1. The number of hydrogen-bond donors (Lipinski definition) is 2. The molecule has 0 aliphatic heterocycles. The minimum atomic E-state index is -0.752. The van der Waals surface area contributed by atoms with E-state index in [1.165, 1.54) is 29.0 Å². The maximum atomic E-state index is 12.5. The molecule has 162 valence electrons. The number of esters is 1. The number of pyridine rings is 1. The van der Waals surface area contributed by atoms with Crippen molar-refractivity contribution in [1.29, 1.82) is 0 Å². The Bertz CT molecular complexity index is 1130. The van der Waals surface area contributed by atoms with Gasteiger partial charge in [-0.2, -0.15) is 0 Å². The monoisotopic (exact) mass is 443 g/mol. The lowest BCUT2D eigenvalue weighted by molar-refractivity contribution is 0.0523. The number of ether oxygens (including phenoxy) is 2. The van der Waals surface area contributed by atoms with Gasteiger partial charge in [0.05, 0.1) is 23.9 Å². The van der Waals surface area contributed by atoms with E-state index in [1.54, 1.807) is 6.92 Å². The average molecular weight is 444 g/mol. The molecule has 0 fully saturated rings. The number of nitrogens with zero attached hydrogens (tertiary/aromatic N) is 1. The Morgan fingerprint density at radius 2 is 1.90 bits per heavy atom. The molecule has 3 rings (SSSR count). The van der Waals surface area contributed by atoms with Crippen molar-refractivity contribution in [2.75, 3.05) is 13.2 Å². The van der Waals surface area contributed by atoms with Gasteiger partial charge in [0.2, 0.25) is 0 Å². The number of hydrogen-bond acceptors (Lipinski definition) is 6. The van der Waals surface area contributed by atoms with Crippen LogP contribution in [0, 0.1) is 0 Å². The van der Waals surface area contributed by atoms with Crippen LogP contribution in [0.2, 0.25) is 5.02 Å². The molecule has 3 aromatic rings. The van der Waals surface area contributed by atoms with Gasteiger partial charge in [0.15, 0.2) is 5.43 Å². The largest absolute Gasteiger partial charge is 0.507 e. The highest BCUT2D eigenvalue weighted by molar-refractivity contribution is 6.32. The molecule has 0 saturated carbocycles. The number of carbonyl (C=O) groups is 1. The van der Waals surface area contributed by atoms with Gasteiger partial charge in [-0.3, -0.25) is 4.79 Å². The van der Waals surface area contributed by atoms with Gasteiger partial charge < -0.3 is 24.3 Å². The predicted octanol–water partition coefficient (Wildman–Crippen LogP) is 3.62. The molecule has 0 atom stereocenters. The quantitative estimate of drug-likeness (QED) is 0.516. The van der Waals surface area contributed by atoms with E-state index in [4.69, 9.17) is 21.1 Å². The van der Waals surface area contributed by atoms with Gasteiger partial charge in [0.25, 0.3) is 0 Å². The summed E-state index contributed by atoms with van der Waals surface area (Å²) in [6.45, 7) is 1.87. The molecule has 1 aromatic heterocycles. The smallest absolute Gasteiger partial charge is 0.343 e. The van der Waals surface area contributed by atoms with E-state index < -0.39 is 11.4 Å². The molecule has 7 nitrogen and oxygen atoms in total. The highest BCUT2D eigenvalue weighted by atomic mass is 35.5. The minimum absolute atomic E-state index is 0.0886. The van der Waals surface area contributed by atoms with Gasteiger partial charge >= 0.3 is 5.97 Å². The summed E-state index contributed by atoms with van der Waals surface area (Å²) in [7, 11) is 0. The van der Waals surface area contributed by atoms with E-state index in [-0.39, 0.29) is 54.0 Å². The molecule has 31 heavy (non-hydrogen) atoms. The Kier molecular flexibility index (Phi) is 7.33. The van der Waals surface area contributed by atoms with Crippen molar-refractivity contribution in [2.24, 2.45) is 0 Å². The maximum absolute atomic E-state index is 12.5. The average Bonchev–Trinajstić information content (AvgIpc) is 2.76. The molecule has 2 aromatic carbocycles. The number of aromatic hydroxyl groups is 1. The van der Waals surface area contributed by atoms with Crippen LogP contribution >= 0.6 is 11.6 Å². The first-order valence-electron chi connectivity index (χ1n) is 9.66. The molecule has 2 N–H and O–H groups in total. The lowest BCUT2D eigenvalue weighted by Gasteiger charge is -2.17. The van der Waals surface area contributed by atoms with E-state index in [2.05, 4.69) is 0 Å². The third-order valence-electron chi connectivity index (χ3n) is 4.53. The number of phenols is 1. The first kappa shape index (κ1) is 22.4. The van der Waals surface area contributed by atoms with Crippen LogP contribution in [0.25, 0.3) is 11.3 Å². The predicted molar refractivity (Wildman–Crippen MR) is 117 cm³/mol. The van der Waals surface area contributed by atoms with Crippen molar-refractivity contribution in [3.05, 3.63) is 81.1 Å². The number of benzene rings is 2. The highest BCUT2D eigenvalue weighted by Gasteiger charge is 2.19. The summed E-state index contributed by atoms with van der Waals surface area (Å²) in [5, 5.41) is 20.3. The van der Waals surface area contributed by atoms with Gasteiger partial charge in [0, 0.05) is 30.4 Å². The van der Waals surface area contributed by atoms with Gasteiger partial charge in [-0.25, -0.2) is 4.79 Å². The van der Waals surface area contributed by atoms with E-state index in [0.29, 0.717) is 5.69 Å². The number of carbonyl (C=O) groups excluding carboxylic acids is 1. The Hall–Kier alpha value is -3.29. The second kappa shape index (κ2) is 10.1. The number of phenolic OH excluding ortho intramolecular Hbond substituents is 1. The fraction of sp³-hybridized carbons (Fsp3) is 0.217. The summed E-state index contributed by atoms with van der Waals surface area (Å²) in [5.41, 5.74) is 0.766. The van der Waals surface area contributed by atoms with Crippen molar-refractivity contribution < 1.29 is 24.5 Å². The zero-order valence-corrected chi connectivity index (χ0v) is 17.6. The van der Waals surface area contributed by atoms with Gasteiger partial charge in [0.1, 0.15) is 23.7 Å². The van der Waals surface area contributed by atoms with E-state index in [1.807, 2.05) is 30.3 Å². The normalized spacial score (nSPS) is 10.7. The SMILES string of the molecule is CCOC(=O)c1cn(CCO)c(-c2cc(Cl)c(OCc3ccccc3)cc2O)cc1=O. The summed E-state index contributed by atoms with van der Waals surface area (Å²) in [4.78, 5) is 24.5. The molecule has 0 amide bonds. The number of halogens is 1. The standard InChI is InChI=1S/C23H22ClNO6/c1-2-30-23(29)17-13-25(8-9-26)19(11-20(17)27)16-10-18(24)22(12-21(16)28)31-14-15-6-4-3-5-7-15/h3-7,10-13,26,28H,2,8-9,14H2,1H3. The van der Waals surface area contributed by atoms with Crippen LogP contribution in [-0.2, 0) is 17.9 Å². The Morgan fingerprint density at radius 3 is 2.58 bits per heavy atom. The van der Waals surface area contributed by atoms with Crippen molar-refractivity contribution in [1.82, 2.24) is 4.57 Å². The first-order chi connectivity index (χ1) is 14.9. The van der Waals surface area contributed by atoms with Crippen LogP contribution in [0.5, 0.6) is 11.5 Å². The number of aromatic nitrogens is 1. The van der Waals surface area contributed by atoms with E-state index in [9.17, 15) is 19.8 Å². The third-order valence-corrected chi connectivity index (χ3v) is 4.82. The lowest BCUT2D eigenvalue weighted by Crippen LogP contribution is -2.21. The zero-order chi connectivity index (χ0) is 22.4. The summed E-state index contributed by atoms with van der Waals surface area (Å²) in [6, 6.07) is 13.5. The molecule has 0 unspecified atom stereocenters. The summed E-state index contributed by atoms with van der Waals surface area (Å²) >= 11 is 6.36. The number of aliphatic hydroxyl groups excluding tert-OH is 1. The van der Waals surface area contributed by atoms with Crippen molar-refractivity contribution in [3.8, 4) is 22.8 Å². The molecular formula is C23H22ClNO6. The van der Waals surface area contributed by atoms with Crippen LogP contribution in [0.15, 0.2) is 59.5 Å². The Labute approximate surface area is 184 Å². The highest BCUT2D eigenvalue weighted by Crippen LogP contribution is 2.38. The Morgan fingerprint density at radius 1 is 1.16 bits per heavy atom. The van der Waals surface area contributed by atoms with E-state index >= 15 is 0 Å². The zero-order valence-electron chi connectivity index (χ0n) is 16.9. The van der Waals surface area contributed by atoms with Gasteiger partial charge in [-0.1, -0.05) is 41.9 Å². The van der Waals surface area contributed by atoms with Crippen molar-refractivity contribution >= 4 is 17.6 Å². The fourth-order valence-corrected chi connectivity index (χ4v) is 3.27. The molecule has 8 heteroatoms. The van der Waals surface area contributed by atoms with Crippen LogP contribution < -0.4 is 10.2 Å². The Balaban J connectivity index is 1.98. The second-order valence-corrected chi connectivity index (χ2v) is 7.06. The molecule has 0 radical (unpaired) electrons. The van der Waals surface area contributed by atoms with Crippen LogP contribution in [0.4, 0.5) is 0 Å². The topological polar surface area (TPSA) is 98.0 Å². The summed E-state index contributed by atoms with van der Waals surface area (Å²) in [5.74, 6) is -0.633. The van der Waals surface area contributed by atoms with Crippen molar-refractivity contribution in [2.45, 2.75) is 20.1 Å². The van der Waals surface area contributed by atoms with Gasteiger partial charge in [-0.05, 0) is 18.6 Å². The molecular weight excluding hydrogens is 422 g/mol. The van der Waals surface area contributed by atoms with E-state index in [0.717, 1.165) is 5.56 Å². The minimum Gasteiger partial charge on any atom is -0.507 e. The number of rotatable bonds is 8. The second-order valence-electron chi connectivity index (χ2n) is 6.65.